The summed E-state index contributed by atoms with van der Waals surface area (Å²) in [5.74, 6) is 0.00990. The third kappa shape index (κ3) is 4.05. The van der Waals surface area contributed by atoms with Gasteiger partial charge in [0.15, 0.2) is 0 Å². The molecule has 0 spiro atoms. The average molecular weight is 355 g/mol. The Morgan fingerprint density at radius 1 is 1.43 bits per heavy atom. The number of ether oxygens (including phenoxy) is 1. The monoisotopic (exact) mass is 354 g/mol. The Morgan fingerprint density at radius 2 is 2.10 bits per heavy atom. The van der Waals surface area contributed by atoms with E-state index < -0.39 is 0 Å². The van der Waals surface area contributed by atoms with Gasteiger partial charge in [0.25, 0.3) is 0 Å². The van der Waals surface area contributed by atoms with E-state index in [9.17, 15) is 4.79 Å². The fourth-order valence-corrected chi connectivity index (χ4v) is 3.05. The molecule has 1 aromatic rings. The highest BCUT2D eigenvalue weighted by Gasteiger charge is 2.38. The van der Waals surface area contributed by atoms with Crippen molar-refractivity contribution in [3.8, 4) is 0 Å². The normalized spacial score (nSPS) is 17.9. The number of carbonyl (C=O) groups is 1. The van der Waals surface area contributed by atoms with Gasteiger partial charge in [-0.1, -0.05) is 34.5 Å². The van der Waals surface area contributed by atoms with Gasteiger partial charge in [-0.05, 0) is 30.5 Å². The van der Waals surface area contributed by atoms with Gasteiger partial charge < -0.3 is 15.8 Å². The maximum absolute atomic E-state index is 12.0. The number of nitrogens with one attached hydrogen (secondary N) is 1. The smallest absolute Gasteiger partial charge is 0.222 e. The Morgan fingerprint density at radius 3 is 2.57 bits per heavy atom. The molecule has 21 heavy (non-hydrogen) atoms. The summed E-state index contributed by atoms with van der Waals surface area (Å²) in [7, 11) is 1.58. The zero-order valence-electron chi connectivity index (χ0n) is 12.4. The quantitative estimate of drug-likeness (QED) is 0.789. The fraction of sp³-hybridized carbons (Fsp3) is 0.562. The lowest BCUT2D eigenvalue weighted by molar-refractivity contribution is -0.123. The van der Waals surface area contributed by atoms with Crippen molar-refractivity contribution in [1.29, 1.82) is 0 Å². The lowest BCUT2D eigenvalue weighted by Gasteiger charge is -2.42. The van der Waals surface area contributed by atoms with E-state index in [1.807, 2.05) is 0 Å². The molecule has 1 fully saturated rings. The van der Waals surface area contributed by atoms with Crippen LogP contribution >= 0.6 is 15.9 Å². The zero-order chi connectivity index (χ0) is 15.3. The first-order valence-electron chi connectivity index (χ1n) is 7.35. The number of nitrogens with two attached hydrogens (primary N) is 1. The van der Waals surface area contributed by atoms with Gasteiger partial charge >= 0.3 is 0 Å². The molecule has 4 nitrogen and oxygen atoms in total. The van der Waals surface area contributed by atoms with Gasteiger partial charge in [0.2, 0.25) is 5.91 Å². The Labute approximate surface area is 134 Å². The number of halogens is 1. The van der Waals surface area contributed by atoms with Gasteiger partial charge in [0, 0.05) is 30.1 Å². The van der Waals surface area contributed by atoms with Crippen LogP contribution in [0.3, 0.4) is 0 Å². The van der Waals surface area contributed by atoms with Gasteiger partial charge in [0.1, 0.15) is 0 Å². The molecule has 5 heteroatoms. The summed E-state index contributed by atoms with van der Waals surface area (Å²) < 4.78 is 6.23. The summed E-state index contributed by atoms with van der Waals surface area (Å²) in [6.45, 7) is 1.05. The number of benzene rings is 1. The number of rotatable bonds is 7. The van der Waals surface area contributed by atoms with E-state index in [2.05, 4.69) is 45.5 Å². The van der Waals surface area contributed by atoms with Crippen LogP contribution in [-0.4, -0.2) is 32.2 Å². The molecule has 0 aromatic heterocycles. The molecule has 1 aromatic carbocycles. The van der Waals surface area contributed by atoms with Crippen molar-refractivity contribution in [2.24, 2.45) is 5.73 Å². The highest BCUT2D eigenvalue weighted by atomic mass is 79.9. The lowest BCUT2D eigenvalue weighted by atomic mass is 9.64. The van der Waals surface area contributed by atoms with E-state index >= 15 is 0 Å². The van der Waals surface area contributed by atoms with Crippen molar-refractivity contribution in [3.63, 3.8) is 0 Å². The van der Waals surface area contributed by atoms with E-state index in [-0.39, 0.29) is 17.4 Å². The predicted octanol–water partition coefficient (Wildman–Crippen LogP) is 2.35. The van der Waals surface area contributed by atoms with E-state index in [0.717, 1.165) is 17.3 Å². The number of methoxy groups -OCH3 is 1. The molecular weight excluding hydrogens is 332 g/mol. The molecule has 0 bridgehead atoms. The molecule has 0 saturated heterocycles. The number of carbonyl (C=O) groups excluding carboxylic acids is 1. The Hall–Kier alpha value is -0.910. The highest BCUT2D eigenvalue weighted by Crippen LogP contribution is 2.43. The van der Waals surface area contributed by atoms with Crippen LogP contribution in [0.15, 0.2) is 28.7 Å². The van der Waals surface area contributed by atoms with Crippen LogP contribution in [0.2, 0.25) is 0 Å². The van der Waals surface area contributed by atoms with Crippen LogP contribution in [-0.2, 0) is 14.9 Å². The number of hydrogen-bond donors (Lipinski definition) is 2. The van der Waals surface area contributed by atoms with Crippen molar-refractivity contribution in [2.75, 3.05) is 20.2 Å². The SMILES string of the molecule is COC(CN)CC(=O)NCC1(c2ccc(Br)cc2)CCC1. The third-order valence-electron chi connectivity index (χ3n) is 4.40. The summed E-state index contributed by atoms with van der Waals surface area (Å²) in [5, 5.41) is 3.05. The molecule has 1 unspecified atom stereocenters. The molecule has 0 heterocycles. The minimum absolute atomic E-state index is 0.00990. The van der Waals surface area contributed by atoms with Gasteiger partial charge in [0.05, 0.1) is 12.5 Å². The standard InChI is InChI=1S/C16H23BrN2O2/c1-21-14(10-18)9-15(20)19-11-16(7-2-8-16)12-3-5-13(17)6-4-12/h3-6,14H,2,7-11,18H2,1H3,(H,19,20). The number of hydrogen-bond acceptors (Lipinski definition) is 3. The Bertz CT molecular complexity index is 468. The van der Waals surface area contributed by atoms with Crippen molar-refractivity contribution >= 4 is 21.8 Å². The largest absolute Gasteiger partial charge is 0.380 e. The molecule has 0 radical (unpaired) electrons. The average Bonchev–Trinajstić information content (AvgIpc) is 2.45. The maximum atomic E-state index is 12.0. The van der Waals surface area contributed by atoms with Crippen molar-refractivity contribution < 1.29 is 9.53 Å². The van der Waals surface area contributed by atoms with Crippen molar-refractivity contribution in [2.45, 2.75) is 37.2 Å². The summed E-state index contributed by atoms with van der Waals surface area (Å²) >= 11 is 3.46. The molecule has 3 N–H and O–H groups in total. The van der Waals surface area contributed by atoms with Crippen LogP contribution in [0.5, 0.6) is 0 Å². The minimum Gasteiger partial charge on any atom is -0.380 e. The fourth-order valence-electron chi connectivity index (χ4n) is 2.78. The van der Waals surface area contributed by atoms with Crippen LogP contribution in [0.4, 0.5) is 0 Å². The van der Waals surface area contributed by atoms with Crippen LogP contribution in [0.1, 0.15) is 31.2 Å². The summed E-state index contributed by atoms with van der Waals surface area (Å²) in [5.41, 5.74) is 6.95. The minimum atomic E-state index is -0.199. The molecule has 116 valence electrons. The molecule has 1 aliphatic carbocycles. The van der Waals surface area contributed by atoms with Gasteiger partial charge in [-0.15, -0.1) is 0 Å². The summed E-state index contributed by atoms with van der Waals surface area (Å²) in [6.07, 6.45) is 3.59. The zero-order valence-corrected chi connectivity index (χ0v) is 14.0. The molecule has 1 saturated carbocycles. The third-order valence-corrected chi connectivity index (χ3v) is 4.93. The highest BCUT2D eigenvalue weighted by molar-refractivity contribution is 9.10. The second-order valence-electron chi connectivity index (χ2n) is 5.72. The van der Waals surface area contributed by atoms with Crippen LogP contribution in [0.25, 0.3) is 0 Å². The first-order valence-corrected chi connectivity index (χ1v) is 8.14. The van der Waals surface area contributed by atoms with Crippen LogP contribution < -0.4 is 11.1 Å². The van der Waals surface area contributed by atoms with Crippen molar-refractivity contribution in [3.05, 3.63) is 34.3 Å². The molecular formula is C16H23BrN2O2. The molecule has 2 rings (SSSR count). The van der Waals surface area contributed by atoms with E-state index in [1.54, 1.807) is 7.11 Å². The van der Waals surface area contributed by atoms with E-state index in [0.29, 0.717) is 19.5 Å². The Balaban J connectivity index is 1.93. The van der Waals surface area contributed by atoms with E-state index in [4.69, 9.17) is 10.5 Å². The lowest BCUT2D eigenvalue weighted by Crippen LogP contribution is -2.46. The molecule has 1 amide bonds. The Kier molecular flexibility index (Phi) is 5.79. The predicted molar refractivity (Wildman–Crippen MR) is 87.1 cm³/mol. The van der Waals surface area contributed by atoms with Gasteiger partial charge in [-0.3, -0.25) is 4.79 Å². The summed E-state index contributed by atoms with van der Waals surface area (Å²) in [4.78, 5) is 12.0. The molecule has 1 atom stereocenters. The first kappa shape index (κ1) is 16.5. The molecule has 0 aliphatic heterocycles. The van der Waals surface area contributed by atoms with Crippen molar-refractivity contribution in [1.82, 2.24) is 5.32 Å². The maximum Gasteiger partial charge on any atom is 0.222 e. The van der Waals surface area contributed by atoms with Gasteiger partial charge in [-0.2, -0.15) is 0 Å². The topological polar surface area (TPSA) is 64.3 Å². The van der Waals surface area contributed by atoms with Gasteiger partial charge in [-0.25, -0.2) is 0 Å². The number of amides is 1. The van der Waals surface area contributed by atoms with Crippen LogP contribution in [0, 0.1) is 0 Å². The van der Waals surface area contributed by atoms with E-state index in [1.165, 1.54) is 12.0 Å². The second kappa shape index (κ2) is 7.38. The first-order chi connectivity index (χ1) is 10.1. The second-order valence-corrected chi connectivity index (χ2v) is 6.63. The molecule has 1 aliphatic rings. The summed E-state index contributed by atoms with van der Waals surface area (Å²) in [6, 6.07) is 8.42.